The maximum Gasteiger partial charge on any atom is 0.226 e. The lowest BCUT2D eigenvalue weighted by atomic mass is 10.6. The maximum absolute atomic E-state index is 5.50. The summed E-state index contributed by atoms with van der Waals surface area (Å²) in [7, 11) is 1.52. The Hall–Kier alpha value is -0.350. The minimum Gasteiger partial charge on any atom is -0.481 e. The molecule has 5 heteroatoms. The summed E-state index contributed by atoms with van der Waals surface area (Å²) in [5, 5.41) is 0.172. The second kappa shape index (κ2) is 3.16. The second-order valence-electron chi connectivity index (χ2n) is 1.50. The van der Waals surface area contributed by atoms with Crippen molar-refractivity contribution < 1.29 is 4.74 Å². The van der Waals surface area contributed by atoms with Crippen molar-refractivity contribution in [3.05, 3.63) is 16.0 Å². The van der Waals surface area contributed by atoms with Crippen LogP contribution in [0.5, 0.6) is 5.88 Å². The summed E-state index contributed by atoms with van der Waals surface area (Å²) in [6.07, 6.45) is 0. The average molecular weight is 223 g/mol. The smallest absolute Gasteiger partial charge is 0.226 e. The standard InChI is InChI=1S/C5H4BrClN2O/c1-10-4-2-3(6)8-5(7)9-4/h2H,1H3. The number of ether oxygens (including phenoxy) is 1. The highest BCUT2D eigenvalue weighted by molar-refractivity contribution is 9.10. The Morgan fingerprint density at radius 2 is 2.30 bits per heavy atom. The van der Waals surface area contributed by atoms with E-state index in [2.05, 4.69) is 25.9 Å². The summed E-state index contributed by atoms with van der Waals surface area (Å²) in [6, 6.07) is 1.63. The van der Waals surface area contributed by atoms with Gasteiger partial charge >= 0.3 is 0 Å². The number of halogens is 2. The van der Waals surface area contributed by atoms with Crippen molar-refractivity contribution in [3.63, 3.8) is 0 Å². The molecule has 0 fully saturated rings. The first kappa shape index (κ1) is 7.75. The lowest BCUT2D eigenvalue weighted by Crippen LogP contribution is -1.89. The van der Waals surface area contributed by atoms with Crippen LogP contribution in [0.15, 0.2) is 10.7 Å². The Labute approximate surface area is 71.5 Å². The normalized spacial score (nSPS) is 9.50. The van der Waals surface area contributed by atoms with Gasteiger partial charge in [0.15, 0.2) is 0 Å². The molecule has 0 atom stereocenters. The fourth-order valence-electron chi connectivity index (χ4n) is 0.475. The monoisotopic (exact) mass is 222 g/mol. The number of hydrogen-bond acceptors (Lipinski definition) is 3. The van der Waals surface area contributed by atoms with Gasteiger partial charge in [0.1, 0.15) is 4.60 Å². The van der Waals surface area contributed by atoms with Crippen LogP contribution in [0, 0.1) is 0 Å². The number of methoxy groups -OCH3 is 1. The fourth-order valence-corrected chi connectivity index (χ4v) is 1.12. The van der Waals surface area contributed by atoms with Crippen molar-refractivity contribution in [2.24, 2.45) is 0 Å². The minimum absolute atomic E-state index is 0.172. The predicted octanol–water partition coefficient (Wildman–Crippen LogP) is 1.90. The van der Waals surface area contributed by atoms with Crippen molar-refractivity contribution in [1.29, 1.82) is 0 Å². The molecule has 3 nitrogen and oxygen atoms in total. The molecule has 0 N–H and O–H groups in total. The van der Waals surface area contributed by atoms with Crippen molar-refractivity contribution in [2.75, 3.05) is 7.11 Å². The fraction of sp³-hybridized carbons (Fsp3) is 0.200. The van der Waals surface area contributed by atoms with E-state index in [1.807, 2.05) is 0 Å². The van der Waals surface area contributed by atoms with Crippen LogP contribution in [-0.2, 0) is 0 Å². The molecule has 0 aliphatic heterocycles. The average Bonchev–Trinajstić information content (AvgIpc) is 1.85. The Balaban J connectivity index is 3.06. The minimum atomic E-state index is 0.172. The van der Waals surface area contributed by atoms with E-state index in [4.69, 9.17) is 16.3 Å². The molecule has 0 unspecified atom stereocenters. The van der Waals surface area contributed by atoms with Crippen LogP contribution in [0.25, 0.3) is 0 Å². The van der Waals surface area contributed by atoms with Gasteiger partial charge in [-0.2, -0.15) is 4.98 Å². The van der Waals surface area contributed by atoms with Crippen molar-refractivity contribution in [3.8, 4) is 5.88 Å². The van der Waals surface area contributed by atoms with Gasteiger partial charge in [-0.15, -0.1) is 0 Å². The Bertz CT molecular complexity index is 223. The van der Waals surface area contributed by atoms with E-state index in [0.717, 1.165) is 0 Å². The third kappa shape index (κ3) is 1.82. The van der Waals surface area contributed by atoms with E-state index in [9.17, 15) is 0 Å². The van der Waals surface area contributed by atoms with Crippen molar-refractivity contribution in [2.45, 2.75) is 0 Å². The van der Waals surface area contributed by atoms with E-state index in [1.54, 1.807) is 6.07 Å². The highest BCUT2D eigenvalue weighted by atomic mass is 79.9. The summed E-state index contributed by atoms with van der Waals surface area (Å²) in [5.74, 6) is 0.451. The molecule has 1 heterocycles. The molecular formula is C5H4BrClN2O. The zero-order valence-electron chi connectivity index (χ0n) is 5.14. The second-order valence-corrected chi connectivity index (χ2v) is 2.65. The molecule has 1 rings (SSSR count). The molecule has 0 aromatic carbocycles. The van der Waals surface area contributed by atoms with Crippen LogP contribution >= 0.6 is 27.5 Å². The van der Waals surface area contributed by atoms with Gasteiger partial charge in [-0.25, -0.2) is 4.98 Å². The van der Waals surface area contributed by atoms with Crippen LogP contribution in [0.1, 0.15) is 0 Å². The number of hydrogen-bond donors (Lipinski definition) is 0. The Kier molecular flexibility index (Phi) is 2.45. The van der Waals surface area contributed by atoms with E-state index >= 15 is 0 Å². The quantitative estimate of drug-likeness (QED) is 0.539. The molecule has 0 aliphatic rings. The Morgan fingerprint density at radius 1 is 1.60 bits per heavy atom. The molecule has 0 saturated heterocycles. The molecule has 10 heavy (non-hydrogen) atoms. The van der Waals surface area contributed by atoms with Gasteiger partial charge in [0.05, 0.1) is 7.11 Å². The van der Waals surface area contributed by atoms with Crippen molar-refractivity contribution in [1.82, 2.24) is 9.97 Å². The highest BCUT2D eigenvalue weighted by Crippen LogP contribution is 2.15. The van der Waals surface area contributed by atoms with E-state index in [1.165, 1.54) is 7.11 Å². The molecule has 0 bridgehead atoms. The topological polar surface area (TPSA) is 35.0 Å². The summed E-state index contributed by atoms with van der Waals surface area (Å²) >= 11 is 8.63. The van der Waals surface area contributed by atoms with Crippen LogP contribution in [0.2, 0.25) is 5.28 Å². The third-order valence-electron chi connectivity index (χ3n) is 0.853. The zero-order chi connectivity index (χ0) is 7.56. The van der Waals surface area contributed by atoms with Crippen molar-refractivity contribution >= 4 is 27.5 Å². The van der Waals surface area contributed by atoms with Gasteiger partial charge in [-0.05, 0) is 27.5 Å². The molecular weight excluding hydrogens is 219 g/mol. The molecule has 54 valence electrons. The SMILES string of the molecule is COc1cc(Br)nc(Cl)n1. The molecule has 0 radical (unpaired) electrons. The van der Waals surface area contributed by atoms with Gasteiger partial charge in [-0.1, -0.05) is 0 Å². The van der Waals surface area contributed by atoms with Crippen LogP contribution in [-0.4, -0.2) is 17.1 Å². The highest BCUT2D eigenvalue weighted by Gasteiger charge is 1.98. The lowest BCUT2D eigenvalue weighted by molar-refractivity contribution is 0.396. The van der Waals surface area contributed by atoms with Gasteiger partial charge < -0.3 is 4.74 Å². The number of rotatable bonds is 1. The Morgan fingerprint density at radius 3 is 2.80 bits per heavy atom. The van der Waals surface area contributed by atoms with Crippen LogP contribution in [0.4, 0.5) is 0 Å². The first-order chi connectivity index (χ1) is 4.72. The summed E-state index contributed by atoms with van der Waals surface area (Å²) in [5.41, 5.74) is 0. The maximum atomic E-state index is 5.50. The van der Waals surface area contributed by atoms with Crippen LogP contribution in [0.3, 0.4) is 0 Å². The lowest BCUT2D eigenvalue weighted by Gasteiger charge is -1.97. The zero-order valence-corrected chi connectivity index (χ0v) is 7.48. The first-order valence-corrected chi connectivity index (χ1v) is 3.63. The molecule has 0 saturated carbocycles. The van der Waals surface area contributed by atoms with Gasteiger partial charge in [0, 0.05) is 6.07 Å². The van der Waals surface area contributed by atoms with E-state index in [0.29, 0.717) is 10.5 Å². The van der Waals surface area contributed by atoms with Crippen LogP contribution < -0.4 is 4.74 Å². The van der Waals surface area contributed by atoms with Gasteiger partial charge in [0.25, 0.3) is 0 Å². The predicted molar refractivity (Wildman–Crippen MR) is 41.3 cm³/mol. The van der Waals surface area contributed by atoms with E-state index < -0.39 is 0 Å². The molecule has 1 aromatic heterocycles. The molecule has 0 amide bonds. The first-order valence-electron chi connectivity index (χ1n) is 2.46. The molecule has 0 aliphatic carbocycles. The van der Waals surface area contributed by atoms with Gasteiger partial charge in [-0.3, -0.25) is 0 Å². The molecule has 1 aromatic rings. The molecule has 0 spiro atoms. The summed E-state index contributed by atoms with van der Waals surface area (Å²) in [6.45, 7) is 0. The largest absolute Gasteiger partial charge is 0.481 e. The summed E-state index contributed by atoms with van der Waals surface area (Å²) in [4.78, 5) is 7.53. The third-order valence-corrected chi connectivity index (χ3v) is 1.43. The van der Waals surface area contributed by atoms with Gasteiger partial charge in [0.2, 0.25) is 11.2 Å². The van der Waals surface area contributed by atoms with E-state index in [-0.39, 0.29) is 5.28 Å². The summed E-state index contributed by atoms with van der Waals surface area (Å²) < 4.78 is 5.43. The number of aromatic nitrogens is 2. The number of nitrogens with zero attached hydrogens (tertiary/aromatic N) is 2.